The van der Waals surface area contributed by atoms with Crippen molar-refractivity contribution in [1.29, 1.82) is 0 Å². The second kappa shape index (κ2) is 35.9. The molecule has 3 aliphatic heterocycles. The zero-order valence-corrected chi connectivity index (χ0v) is 52.1. The molecule has 488 valence electrons. The summed E-state index contributed by atoms with van der Waals surface area (Å²) in [7, 11) is 0. The van der Waals surface area contributed by atoms with E-state index in [0.29, 0.717) is 0 Å². The van der Waals surface area contributed by atoms with Gasteiger partial charge in [0.2, 0.25) is 0 Å². The van der Waals surface area contributed by atoms with Gasteiger partial charge < -0.3 is 76.5 Å². The van der Waals surface area contributed by atoms with Crippen molar-refractivity contribution < 1.29 is 76.5 Å². The van der Waals surface area contributed by atoms with Crippen LogP contribution in [0, 0.1) is 0 Å². The van der Waals surface area contributed by atoms with Gasteiger partial charge in [-0.2, -0.15) is 0 Å². The molecule has 0 bridgehead atoms. The van der Waals surface area contributed by atoms with E-state index in [4.69, 9.17) is 66.3 Å². The molecule has 93 heavy (non-hydrogen) atoms. The molecule has 16 heteroatoms. The number of hydrogen-bond acceptors (Lipinski definition) is 16. The van der Waals surface area contributed by atoms with Crippen LogP contribution < -0.4 is 0 Å². The topological polar surface area (TPSA) is 170 Å². The molecule has 3 aliphatic rings. The lowest BCUT2D eigenvalue weighted by atomic mass is 9.95. The molecule has 11 rings (SSSR count). The average Bonchev–Trinajstić information content (AvgIpc) is 0.800. The highest BCUT2D eigenvalue weighted by Crippen LogP contribution is 2.39. The first kappa shape index (κ1) is 67.3. The molecule has 15 atom stereocenters. The van der Waals surface area contributed by atoms with Crippen LogP contribution in [0.3, 0.4) is 0 Å². The van der Waals surface area contributed by atoms with Gasteiger partial charge in [0.1, 0.15) is 73.2 Å². The average molecular weight is 1270 g/mol. The molecule has 0 radical (unpaired) electrons. The second-order valence-corrected chi connectivity index (χ2v) is 23.2. The molecule has 8 aromatic carbocycles. The van der Waals surface area contributed by atoms with Crippen molar-refractivity contribution in [2.45, 2.75) is 145 Å². The van der Waals surface area contributed by atoms with E-state index in [0.717, 1.165) is 44.5 Å². The summed E-state index contributed by atoms with van der Waals surface area (Å²) in [6, 6.07) is 78.5. The van der Waals surface area contributed by atoms with Crippen molar-refractivity contribution in [2.24, 2.45) is 0 Å². The number of hydrogen-bond donors (Lipinski definition) is 2. The maximum atomic E-state index is 12.2. The molecule has 0 spiro atoms. The summed E-state index contributed by atoms with van der Waals surface area (Å²) in [6.07, 6.45) is -14.8. The summed E-state index contributed by atoms with van der Waals surface area (Å²) in [5, 5.41) is 23.2. The Labute approximate surface area is 545 Å². The van der Waals surface area contributed by atoms with Crippen LogP contribution in [-0.4, -0.2) is 129 Å². The largest absolute Gasteiger partial charge is 0.394 e. The lowest BCUT2D eigenvalue weighted by molar-refractivity contribution is -0.393. The molecule has 0 aliphatic carbocycles. The SMILES string of the molecule is C=CCO[C@@H]1O[C@H](COCc2ccccc2)[C@@H](O[C@H]2O[C@H](COCc3ccccc3)[C@@H](O[C@H]3O[C@H](CO)[C@@H](O)[C@H](OCc4ccccc4)[C@H]3OCc3ccccc3)[C@H](OCc3ccccc3)[C@H]2OCc2ccccc2)[C@H](OCc2ccccc2)[C@H]1OCc1ccccc1. The maximum absolute atomic E-state index is 12.2. The highest BCUT2D eigenvalue weighted by atomic mass is 16.8. The number of benzene rings is 8. The predicted octanol–water partition coefficient (Wildman–Crippen LogP) is 11.4. The molecular weight excluding hydrogens is 1180 g/mol. The van der Waals surface area contributed by atoms with E-state index in [1.807, 2.05) is 243 Å². The molecule has 3 heterocycles. The number of rotatable bonds is 34. The lowest BCUT2D eigenvalue weighted by Crippen LogP contribution is -2.68. The van der Waals surface area contributed by atoms with Crippen molar-refractivity contribution in [3.63, 3.8) is 0 Å². The molecule has 0 unspecified atom stereocenters. The first-order valence-electron chi connectivity index (χ1n) is 31.9. The Morgan fingerprint density at radius 2 is 0.559 bits per heavy atom. The zero-order valence-electron chi connectivity index (χ0n) is 52.1. The molecule has 16 nitrogen and oxygen atoms in total. The predicted molar refractivity (Wildman–Crippen MR) is 347 cm³/mol. The fourth-order valence-electron chi connectivity index (χ4n) is 11.7. The van der Waals surface area contributed by atoms with E-state index < -0.39 is 98.7 Å². The maximum Gasteiger partial charge on any atom is 0.187 e. The Hall–Kier alpha value is -7.14. The third-order valence-electron chi connectivity index (χ3n) is 16.4. The van der Waals surface area contributed by atoms with E-state index in [9.17, 15) is 10.2 Å². The van der Waals surface area contributed by atoms with Gasteiger partial charge in [0, 0.05) is 0 Å². The third-order valence-corrected chi connectivity index (χ3v) is 16.4. The Bertz CT molecular complexity index is 3330. The molecular formula is C77H84O16. The minimum absolute atomic E-state index is 0.0183. The molecule has 0 aromatic heterocycles. The van der Waals surface area contributed by atoms with Crippen molar-refractivity contribution >= 4 is 0 Å². The van der Waals surface area contributed by atoms with Crippen molar-refractivity contribution in [3.8, 4) is 0 Å². The van der Waals surface area contributed by atoms with Crippen LogP contribution in [0.4, 0.5) is 0 Å². The fourth-order valence-corrected chi connectivity index (χ4v) is 11.7. The van der Waals surface area contributed by atoms with Crippen LogP contribution in [0.5, 0.6) is 0 Å². The normalized spacial score (nSPS) is 26.3. The number of aliphatic hydroxyl groups excluding tert-OH is 2. The number of ether oxygens (including phenoxy) is 14. The van der Waals surface area contributed by atoms with Crippen LogP contribution in [0.25, 0.3) is 0 Å². The summed E-state index contributed by atoms with van der Waals surface area (Å²) < 4.78 is 98.6. The van der Waals surface area contributed by atoms with Crippen LogP contribution in [0.15, 0.2) is 255 Å². The lowest BCUT2D eigenvalue weighted by Gasteiger charge is -2.51. The monoisotopic (exact) mass is 1260 g/mol. The van der Waals surface area contributed by atoms with E-state index >= 15 is 0 Å². The van der Waals surface area contributed by atoms with Crippen LogP contribution in [0.1, 0.15) is 44.5 Å². The summed E-state index contributed by atoms with van der Waals surface area (Å²) in [4.78, 5) is 0. The highest BCUT2D eigenvalue weighted by molar-refractivity contribution is 5.20. The standard InChI is InChI=1S/C77H84O16/c1-2-43-82-75-73(87-51-61-39-23-9-24-40-61)70(84-48-58-33-17-6-18-34-58)67(64(90-75)53-80-45-55-27-11-3-12-28-55)93-77-74(88-52-62-41-25-10-26-42-62)71(85-49-59-35-19-7-20-36-59)68(65(91-77)54-81-46-56-29-13-4-14-30-56)92-76-72(86-50-60-37-21-8-22-38-60)69(66(79)63(44-78)89-76)83-47-57-31-15-5-16-32-57/h2-42,63-79H,1,43-54H2/t63-,64-,65-,66-,67-,68-,69+,70+,71+,72-,73-,74-,75-,76-,77-/m1/s1. The smallest absolute Gasteiger partial charge is 0.187 e. The van der Waals surface area contributed by atoms with Gasteiger partial charge in [-0.3, -0.25) is 0 Å². The Morgan fingerprint density at radius 3 is 0.871 bits per heavy atom. The Kier molecular flexibility index (Phi) is 26.0. The van der Waals surface area contributed by atoms with Gasteiger partial charge in [-0.05, 0) is 44.5 Å². The van der Waals surface area contributed by atoms with Gasteiger partial charge >= 0.3 is 0 Å². The molecule has 8 aromatic rings. The first-order chi connectivity index (χ1) is 46.0. The third kappa shape index (κ3) is 19.5. The second-order valence-electron chi connectivity index (χ2n) is 23.2. The molecule has 3 saturated heterocycles. The quantitative estimate of drug-likeness (QED) is 0.0365. The zero-order chi connectivity index (χ0) is 63.7. The van der Waals surface area contributed by atoms with Gasteiger partial charge in [-0.1, -0.05) is 249 Å². The van der Waals surface area contributed by atoms with E-state index in [1.165, 1.54) is 0 Å². The van der Waals surface area contributed by atoms with E-state index in [-0.39, 0.29) is 72.7 Å². The highest BCUT2D eigenvalue weighted by Gasteiger charge is 2.57. The molecule has 3 fully saturated rings. The molecule has 0 amide bonds. The van der Waals surface area contributed by atoms with Crippen LogP contribution >= 0.6 is 0 Å². The van der Waals surface area contributed by atoms with Gasteiger partial charge in [-0.15, -0.1) is 6.58 Å². The van der Waals surface area contributed by atoms with Crippen molar-refractivity contribution in [1.82, 2.24) is 0 Å². The minimum Gasteiger partial charge on any atom is -0.394 e. The fraction of sp³-hybridized carbons (Fsp3) is 0.351. The first-order valence-corrected chi connectivity index (χ1v) is 31.9. The molecule has 2 N–H and O–H groups in total. The van der Waals surface area contributed by atoms with Crippen LogP contribution in [-0.2, 0) is 119 Å². The summed E-state index contributed by atoms with van der Waals surface area (Å²) in [6.45, 7) is 4.67. The summed E-state index contributed by atoms with van der Waals surface area (Å²) in [5.74, 6) is 0. The minimum atomic E-state index is -1.35. The number of aliphatic hydroxyl groups is 2. The van der Waals surface area contributed by atoms with Crippen molar-refractivity contribution in [3.05, 3.63) is 300 Å². The Balaban J connectivity index is 1.02. The van der Waals surface area contributed by atoms with E-state index in [1.54, 1.807) is 6.08 Å². The van der Waals surface area contributed by atoms with Gasteiger partial charge in [0.15, 0.2) is 18.9 Å². The Morgan fingerprint density at radius 1 is 0.301 bits per heavy atom. The van der Waals surface area contributed by atoms with Gasteiger partial charge in [0.05, 0.1) is 79.3 Å². The molecule has 0 saturated carbocycles. The van der Waals surface area contributed by atoms with Crippen LogP contribution in [0.2, 0.25) is 0 Å². The van der Waals surface area contributed by atoms with Gasteiger partial charge in [-0.25, -0.2) is 0 Å². The summed E-state index contributed by atoms with van der Waals surface area (Å²) >= 11 is 0. The van der Waals surface area contributed by atoms with Gasteiger partial charge in [0.25, 0.3) is 0 Å². The van der Waals surface area contributed by atoms with E-state index in [2.05, 4.69) is 6.58 Å². The summed E-state index contributed by atoms with van der Waals surface area (Å²) in [5.41, 5.74) is 7.16. The van der Waals surface area contributed by atoms with Crippen molar-refractivity contribution in [2.75, 3.05) is 26.4 Å².